The van der Waals surface area contributed by atoms with Gasteiger partial charge in [0.2, 0.25) is 0 Å². The first-order valence-electron chi connectivity index (χ1n) is 13.7. The number of piperidine rings is 1. The van der Waals surface area contributed by atoms with E-state index >= 15 is 0 Å². The highest BCUT2D eigenvalue weighted by molar-refractivity contribution is 8.26. The second-order valence-electron chi connectivity index (χ2n) is 10.6. The van der Waals surface area contributed by atoms with E-state index in [1.165, 1.54) is 34.4 Å². The maximum absolute atomic E-state index is 13.9. The topological polar surface area (TPSA) is 57.9 Å². The molecule has 0 N–H and O–H groups in total. The number of amides is 1. The van der Waals surface area contributed by atoms with E-state index < -0.39 is 0 Å². The Morgan fingerprint density at radius 2 is 1.73 bits per heavy atom. The molecule has 2 aromatic carbocycles. The summed E-state index contributed by atoms with van der Waals surface area (Å²) < 4.78 is 15.3. The van der Waals surface area contributed by atoms with Crippen LogP contribution in [0.2, 0.25) is 0 Å². The average Bonchev–Trinajstić information content (AvgIpc) is 3.24. The first kappa shape index (κ1) is 27.4. The number of carbonyl (C=O) groups excluding carboxylic acids is 1. The molecule has 0 aliphatic carbocycles. The maximum Gasteiger partial charge on any atom is 0.267 e. The average molecular weight is 585 g/mol. The molecule has 0 spiro atoms. The molecular weight excluding hydrogens is 556 g/mol. The highest BCUT2D eigenvalue weighted by Crippen LogP contribution is 2.35. The molecular formula is C32H29FN4O2S2. The third-order valence-corrected chi connectivity index (χ3v) is 9.05. The molecule has 2 aliphatic rings. The Balaban J connectivity index is 1.31. The van der Waals surface area contributed by atoms with Crippen molar-refractivity contribution in [3.05, 3.63) is 116 Å². The van der Waals surface area contributed by atoms with E-state index in [1.54, 1.807) is 28.8 Å². The summed E-state index contributed by atoms with van der Waals surface area (Å²) in [4.78, 5) is 36.3. The van der Waals surface area contributed by atoms with E-state index in [4.69, 9.17) is 17.2 Å². The fourth-order valence-electron chi connectivity index (χ4n) is 5.45. The molecule has 4 heterocycles. The zero-order valence-electron chi connectivity index (χ0n) is 22.6. The summed E-state index contributed by atoms with van der Waals surface area (Å²) >= 11 is 6.70. The second kappa shape index (κ2) is 11.6. The maximum atomic E-state index is 13.9. The van der Waals surface area contributed by atoms with Gasteiger partial charge in [-0.3, -0.25) is 18.9 Å². The standard InChI is InChI=1S/C32H29FN4O2S2/c1-21-7-12-28-34-29(35-15-13-23(14-16-35)17-22-5-3-2-4-6-22)26(30(38)36(28)19-21)18-27-31(39)37(32(40)41-27)20-24-8-10-25(33)11-9-24/h2-12,18-19,23H,13-17,20H2,1H3. The normalized spacial score (nSPS) is 17.3. The van der Waals surface area contributed by atoms with E-state index in [1.807, 2.05) is 25.1 Å². The van der Waals surface area contributed by atoms with Crippen LogP contribution in [-0.4, -0.2) is 37.6 Å². The number of nitrogens with zero attached hydrogens (tertiary/aromatic N) is 4. The minimum absolute atomic E-state index is 0.219. The smallest absolute Gasteiger partial charge is 0.267 e. The summed E-state index contributed by atoms with van der Waals surface area (Å²) in [5.74, 6) is 0.547. The monoisotopic (exact) mass is 584 g/mol. The summed E-state index contributed by atoms with van der Waals surface area (Å²) in [5.41, 5.74) is 3.79. The van der Waals surface area contributed by atoms with Gasteiger partial charge in [0.25, 0.3) is 11.5 Å². The lowest BCUT2D eigenvalue weighted by Gasteiger charge is -2.33. The molecule has 2 fully saturated rings. The number of hydrogen-bond donors (Lipinski definition) is 0. The minimum Gasteiger partial charge on any atom is -0.356 e. The Kier molecular flexibility index (Phi) is 7.73. The molecule has 1 amide bonds. The number of halogens is 1. The van der Waals surface area contributed by atoms with Gasteiger partial charge in [-0.25, -0.2) is 9.37 Å². The van der Waals surface area contributed by atoms with Crippen LogP contribution in [0.4, 0.5) is 10.2 Å². The van der Waals surface area contributed by atoms with Crippen molar-refractivity contribution in [1.29, 1.82) is 0 Å². The molecule has 0 radical (unpaired) electrons. The Morgan fingerprint density at radius 1 is 1.00 bits per heavy atom. The number of anilines is 1. The number of benzene rings is 2. The van der Waals surface area contributed by atoms with Crippen LogP contribution in [0.25, 0.3) is 11.7 Å². The number of pyridine rings is 1. The third-order valence-electron chi connectivity index (χ3n) is 7.67. The number of carbonyl (C=O) groups is 1. The predicted octanol–water partition coefficient (Wildman–Crippen LogP) is 6.00. The summed E-state index contributed by atoms with van der Waals surface area (Å²) in [6.45, 7) is 3.71. The van der Waals surface area contributed by atoms with Gasteiger partial charge in [-0.15, -0.1) is 0 Å². The molecule has 2 aliphatic heterocycles. The van der Waals surface area contributed by atoms with E-state index in [-0.39, 0.29) is 23.8 Å². The number of thiocarbonyl (C=S) groups is 1. The van der Waals surface area contributed by atoms with Crippen molar-refractivity contribution in [3.63, 3.8) is 0 Å². The molecule has 2 saturated heterocycles. The Labute approximate surface area is 247 Å². The zero-order chi connectivity index (χ0) is 28.5. The van der Waals surface area contributed by atoms with Gasteiger partial charge in [-0.1, -0.05) is 72.5 Å². The number of thioether (sulfide) groups is 1. The fraction of sp³-hybridized carbons (Fsp3) is 0.250. The van der Waals surface area contributed by atoms with Crippen molar-refractivity contribution in [2.75, 3.05) is 18.0 Å². The Hall–Kier alpha value is -3.82. The first-order chi connectivity index (χ1) is 19.9. The van der Waals surface area contributed by atoms with Crippen molar-refractivity contribution >= 4 is 51.7 Å². The summed E-state index contributed by atoms with van der Waals surface area (Å²) in [5, 5.41) is 0. The molecule has 6 nitrogen and oxygen atoms in total. The SMILES string of the molecule is Cc1ccc2nc(N3CCC(Cc4ccccc4)CC3)c(C=C3SC(=S)N(Cc4ccc(F)cc4)C3=O)c(=O)n2c1. The van der Waals surface area contributed by atoms with Crippen molar-refractivity contribution in [3.8, 4) is 0 Å². The number of rotatable bonds is 6. The summed E-state index contributed by atoms with van der Waals surface area (Å²) in [6, 6.07) is 20.3. The molecule has 4 aromatic rings. The van der Waals surface area contributed by atoms with Gasteiger partial charge < -0.3 is 4.90 Å². The third kappa shape index (κ3) is 5.83. The van der Waals surface area contributed by atoms with Crippen molar-refractivity contribution in [2.24, 2.45) is 5.92 Å². The van der Waals surface area contributed by atoms with Crippen LogP contribution in [0.5, 0.6) is 0 Å². The van der Waals surface area contributed by atoms with Crippen LogP contribution in [0.15, 0.2) is 82.6 Å². The van der Waals surface area contributed by atoms with E-state index in [2.05, 4.69) is 29.2 Å². The zero-order valence-corrected chi connectivity index (χ0v) is 24.3. The summed E-state index contributed by atoms with van der Waals surface area (Å²) in [7, 11) is 0. The largest absolute Gasteiger partial charge is 0.356 e. The molecule has 0 bridgehead atoms. The molecule has 6 rings (SSSR count). The quantitative estimate of drug-likeness (QED) is 0.205. The highest BCUT2D eigenvalue weighted by atomic mass is 32.2. The van der Waals surface area contributed by atoms with Crippen LogP contribution in [-0.2, 0) is 17.8 Å². The van der Waals surface area contributed by atoms with Gasteiger partial charge in [-0.2, -0.15) is 0 Å². The Bertz CT molecular complexity index is 1710. The first-order valence-corrected chi connectivity index (χ1v) is 14.9. The molecule has 0 atom stereocenters. The van der Waals surface area contributed by atoms with Crippen molar-refractivity contribution < 1.29 is 9.18 Å². The van der Waals surface area contributed by atoms with Gasteiger partial charge in [0.05, 0.1) is 17.0 Å². The van der Waals surface area contributed by atoms with E-state index in [9.17, 15) is 14.0 Å². The van der Waals surface area contributed by atoms with Crippen LogP contribution in [0, 0.1) is 18.7 Å². The minimum atomic E-state index is -0.338. The lowest BCUT2D eigenvalue weighted by Crippen LogP contribution is -2.37. The summed E-state index contributed by atoms with van der Waals surface area (Å²) in [6.07, 6.45) is 6.44. The van der Waals surface area contributed by atoms with E-state index in [0.29, 0.717) is 32.2 Å². The van der Waals surface area contributed by atoms with Crippen LogP contribution < -0.4 is 10.5 Å². The van der Waals surface area contributed by atoms with Crippen LogP contribution >= 0.6 is 24.0 Å². The molecule has 9 heteroatoms. The predicted molar refractivity (Wildman–Crippen MR) is 166 cm³/mol. The van der Waals surface area contributed by atoms with Gasteiger partial charge in [-0.05, 0) is 73.1 Å². The van der Waals surface area contributed by atoms with Gasteiger partial charge >= 0.3 is 0 Å². The van der Waals surface area contributed by atoms with Gasteiger partial charge in [0, 0.05) is 19.3 Å². The van der Waals surface area contributed by atoms with Crippen molar-refractivity contribution in [1.82, 2.24) is 14.3 Å². The van der Waals surface area contributed by atoms with Crippen LogP contribution in [0.1, 0.15) is 35.1 Å². The van der Waals surface area contributed by atoms with Crippen molar-refractivity contribution in [2.45, 2.75) is 32.7 Å². The number of fused-ring (bicyclic) bond motifs is 1. The second-order valence-corrected chi connectivity index (χ2v) is 12.3. The number of hydrogen-bond acceptors (Lipinski definition) is 6. The molecule has 2 aromatic heterocycles. The molecule has 41 heavy (non-hydrogen) atoms. The molecule has 0 unspecified atom stereocenters. The fourth-order valence-corrected chi connectivity index (χ4v) is 6.69. The molecule has 0 saturated carbocycles. The van der Waals surface area contributed by atoms with Gasteiger partial charge in [0.1, 0.15) is 21.6 Å². The number of aromatic nitrogens is 2. The Morgan fingerprint density at radius 3 is 2.46 bits per heavy atom. The molecule has 208 valence electrons. The van der Waals surface area contributed by atoms with Crippen LogP contribution in [0.3, 0.4) is 0 Å². The number of aryl methyl sites for hydroxylation is 1. The lowest BCUT2D eigenvalue weighted by atomic mass is 9.90. The highest BCUT2D eigenvalue weighted by Gasteiger charge is 2.33. The van der Waals surface area contributed by atoms with Gasteiger partial charge in [0.15, 0.2) is 0 Å². The lowest BCUT2D eigenvalue weighted by molar-refractivity contribution is -0.122. The van der Waals surface area contributed by atoms with E-state index in [0.717, 1.165) is 43.5 Å².